The van der Waals surface area contributed by atoms with Crippen LogP contribution in [-0.2, 0) is 14.8 Å². The Balaban J connectivity index is 1.67. The van der Waals surface area contributed by atoms with E-state index >= 15 is 0 Å². The van der Waals surface area contributed by atoms with Crippen molar-refractivity contribution in [2.75, 3.05) is 26.2 Å². The topological polar surface area (TPSA) is 57.7 Å². The van der Waals surface area contributed by atoms with Gasteiger partial charge >= 0.3 is 0 Å². The fourth-order valence-corrected chi connectivity index (χ4v) is 4.55. The van der Waals surface area contributed by atoms with Crippen LogP contribution in [0.2, 0.25) is 5.02 Å². The molecule has 0 radical (unpaired) electrons. The quantitative estimate of drug-likeness (QED) is 0.842. The van der Waals surface area contributed by atoms with Crippen molar-refractivity contribution in [3.8, 4) is 0 Å². The summed E-state index contributed by atoms with van der Waals surface area (Å²) < 4.78 is 26.6. The van der Waals surface area contributed by atoms with E-state index in [1.165, 1.54) is 10.4 Å². The van der Waals surface area contributed by atoms with Crippen molar-refractivity contribution >= 4 is 27.5 Å². The average Bonchev–Trinajstić information content (AvgIpc) is 3.23. The Morgan fingerprint density at radius 1 is 1.23 bits per heavy atom. The Morgan fingerprint density at radius 3 is 2.41 bits per heavy atom. The van der Waals surface area contributed by atoms with Crippen molar-refractivity contribution in [2.45, 2.75) is 18.2 Å². The summed E-state index contributed by atoms with van der Waals surface area (Å²) in [5.41, 5.74) is 0. The van der Waals surface area contributed by atoms with Crippen molar-refractivity contribution < 1.29 is 13.2 Å². The van der Waals surface area contributed by atoms with E-state index in [9.17, 15) is 13.2 Å². The molecular weight excluding hydrogens is 324 g/mol. The molecule has 3 rings (SSSR count). The molecule has 1 aliphatic carbocycles. The van der Waals surface area contributed by atoms with Crippen molar-refractivity contribution in [3.63, 3.8) is 0 Å². The Hall–Kier alpha value is -1.11. The molecule has 0 bridgehead atoms. The molecule has 7 heteroatoms. The van der Waals surface area contributed by atoms with Gasteiger partial charge in [0.05, 0.1) is 4.90 Å². The first kappa shape index (κ1) is 15.8. The number of carbonyl (C=O) groups excluding carboxylic acids is 1. The first-order valence-corrected chi connectivity index (χ1v) is 9.26. The molecule has 2 fully saturated rings. The lowest BCUT2D eigenvalue weighted by atomic mass is 10.2. The highest BCUT2D eigenvalue weighted by Crippen LogP contribution is 2.39. The third-order valence-electron chi connectivity index (χ3n) is 4.41. The minimum atomic E-state index is -3.54. The van der Waals surface area contributed by atoms with Gasteiger partial charge in [-0.3, -0.25) is 4.79 Å². The van der Waals surface area contributed by atoms with Crippen LogP contribution in [0.1, 0.15) is 13.3 Å². The molecule has 1 amide bonds. The van der Waals surface area contributed by atoms with E-state index in [0.29, 0.717) is 37.1 Å². The highest BCUT2D eigenvalue weighted by atomic mass is 35.5. The second-order valence-corrected chi connectivity index (χ2v) is 8.38. The Kier molecular flexibility index (Phi) is 4.18. The number of nitrogens with zero attached hydrogens (tertiary/aromatic N) is 2. The maximum Gasteiger partial charge on any atom is 0.243 e. The summed E-state index contributed by atoms with van der Waals surface area (Å²) in [6.07, 6.45) is 0.958. The van der Waals surface area contributed by atoms with E-state index < -0.39 is 10.0 Å². The number of hydrogen-bond acceptors (Lipinski definition) is 3. The van der Waals surface area contributed by atoms with Crippen LogP contribution in [0.15, 0.2) is 29.2 Å². The molecule has 1 aromatic carbocycles. The number of sulfonamides is 1. The summed E-state index contributed by atoms with van der Waals surface area (Å²) >= 11 is 5.87. The van der Waals surface area contributed by atoms with Gasteiger partial charge in [0.2, 0.25) is 15.9 Å². The lowest BCUT2D eigenvalue weighted by Gasteiger charge is -2.34. The number of carbonyl (C=O) groups is 1. The van der Waals surface area contributed by atoms with Crippen LogP contribution in [0.5, 0.6) is 0 Å². The van der Waals surface area contributed by atoms with Gasteiger partial charge in [0, 0.05) is 37.1 Å². The van der Waals surface area contributed by atoms with Gasteiger partial charge in [0.15, 0.2) is 0 Å². The van der Waals surface area contributed by atoms with Gasteiger partial charge in [-0.1, -0.05) is 24.6 Å². The summed E-state index contributed by atoms with van der Waals surface area (Å²) in [5, 5.41) is 0.401. The van der Waals surface area contributed by atoms with Crippen LogP contribution in [-0.4, -0.2) is 49.7 Å². The molecule has 1 heterocycles. The number of benzene rings is 1. The average molecular weight is 343 g/mol. The summed E-state index contributed by atoms with van der Waals surface area (Å²) in [5.74, 6) is 0.795. The van der Waals surface area contributed by atoms with Gasteiger partial charge in [-0.05, 0) is 30.5 Å². The lowest BCUT2D eigenvalue weighted by molar-refractivity contribution is -0.134. The normalized spacial score (nSPS) is 26.0. The minimum absolute atomic E-state index is 0.149. The van der Waals surface area contributed by atoms with Gasteiger partial charge in [-0.15, -0.1) is 0 Å². The smallest absolute Gasteiger partial charge is 0.243 e. The van der Waals surface area contributed by atoms with Crippen molar-refractivity contribution in [1.29, 1.82) is 0 Å². The molecule has 1 saturated carbocycles. The van der Waals surface area contributed by atoms with Gasteiger partial charge in [-0.25, -0.2) is 8.42 Å². The van der Waals surface area contributed by atoms with E-state index in [2.05, 4.69) is 6.92 Å². The summed E-state index contributed by atoms with van der Waals surface area (Å²) in [4.78, 5) is 14.2. The Labute approximate surface area is 135 Å². The Bertz CT molecular complexity index is 684. The van der Waals surface area contributed by atoms with E-state index in [-0.39, 0.29) is 16.7 Å². The lowest BCUT2D eigenvalue weighted by Crippen LogP contribution is -2.51. The molecule has 5 nitrogen and oxygen atoms in total. The largest absolute Gasteiger partial charge is 0.340 e. The summed E-state index contributed by atoms with van der Waals surface area (Å²) in [6.45, 7) is 3.66. The molecule has 2 aliphatic rings. The molecule has 1 aliphatic heterocycles. The third kappa shape index (κ3) is 3.00. The van der Waals surface area contributed by atoms with Crippen molar-refractivity contribution in [2.24, 2.45) is 11.8 Å². The molecule has 2 atom stereocenters. The zero-order chi connectivity index (χ0) is 15.9. The van der Waals surface area contributed by atoms with Gasteiger partial charge in [0.1, 0.15) is 0 Å². The second kappa shape index (κ2) is 5.83. The molecular formula is C15H19ClN2O3S. The van der Waals surface area contributed by atoms with Crippen LogP contribution in [0.4, 0.5) is 0 Å². The molecule has 120 valence electrons. The van der Waals surface area contributed by atoms with Crippen LogP contribution < -0.4 is 0 Å². The Morgan fingerprint density at radius 2 is 1.86 bits per heavy atom. The van der Waals surface area contributed by atoms with Gasteiger partial charge < -0.3 is 4.90 Å². The molecule has 0 aromatic heterocycles. The zero-order valence-corrected chi connectivity index (χ0v) is 14.0. The second-order valence-electron chi connectivity index (χ2n) is 6.01. The van der Waals surface area contributed by atoms with Gasteiger partial charge in [0.25, 0.3) is 0 Å². The van der Waals surface area contributed by atoms with E-state index in [1.54, 1.807) is 23.1 Å². The maximum absolute atomic E-state index is 12.6. The van der Waals surface area contributed by atoms with Crippen molar-refractivity contribution in [3.05, 3.63) is 29.3 Å². The first-order valence-electron chi connectivity index (χ1n) is 7.44. The SMILES string of the molecule is C[C@@H]1C[C@H]1C(=O)N1CCN(S(=O)(=O)c2cccc(Cl)c2)CC1. The molecule has 0 N–H and O–H groups in total. The van der Waals surface area contributed by atoms with E-state index in [1.807, 2.05) is 0 Å². The van der Waals surface area contributed by atoms with Crippen molar-refractivity contribution in [1.82, 2.24) is 9.21 Å². The fraction of sp³-hybridized carbons (Fsp3) is 0.533. The standard InChI is InChI=1S/C15H19ClN2O3S/c1-11-9-14(11)15(19)17-5-7-18(8-6-17)22(20,21)13-4-2-3-12(16)10-13/h2-4,10-11,14H,5-9H2,1H3/t11-,14-/m1/s1. The number of piperazine rings is 1. The predicted octanol–water partition coefficient (Wildman–Crippen LogP) is 1.83. The maximum atomic E-state index is 12.6. The molecule has 0 spiro atoms. The number of rotatable bonds is 3. The first-order chi connectivity index (χ1) is 10.4. The summed E-state index contributed by atoms with van der Waals surface area (Å²) in [7, 11) is -3.54. The molecule has 1 aromatic rings. The number of amides is 1. The molecule has 0 unspecified atom stereocenters. The molecule has 22 heavy (non-hydrogen) atoms. The van der Waals surface area contributed by atoms with Gasteiger partial charge in [-0.2, -0.15) is 4.31 Å². The number of halogens is 1. The highest BCUT2D eigenvalue weighted by Gasteiger charge is 2.42. The van der Waals surface area contributed by atoms with Crippen LogP contribution in [0.25, 0.3) is 0 Å². The van der Waals surface area contributed by atoms with E-state index in [0.717, 1.165) is 6.42 Å². The van der Waals surface area contributed by atoms with Crippen LogP contribution >= 0.6 is 11.6 Å². The predicted molar refractivity (Wildman–Crippen MR) is 84.1 cm³/mol. The molecule has 1 saturated heterocycles. The number of hydrogen-bond donors (Lipinski definition) is 0. The minimum Gasteiger partial charge on any atom is -0.340 e. The fourth-order valence-electron chi connectivity index (χ4n) is 2.83. The zero-order valence-electron chi connectivity index (χ0n) is 12.4. The third-order valence-corrected chi connectivity index (χ3v) is 6.54. The van der Waals surface area contributed by atoms with Crippen LogP contribution in [0, 0.1) is 11.8 Å². The highest BCUT2D eigenvalue weighted by molar-refractivity contribution is 7.89. The summed E-state index contributed by atoms with van der Waals surface area (Å²) in [6, 6.07) is 6.28. The monoisotopic (exact) mass is 342 g/mol. The van der Waals surface area contributed by atoms with E-state index in [4.69, 9.17) is 11.6 Å². The van der Waals surface area contributed by atoms with Crippen LogP contribution in [0.3, 0.4) is 0 Å².